The summed E-state index contributed by atoms with van der Waals surface area (Å²) in [7, 11) is 0. The summed E-state index contributed by atoms with van der Waals surface area (Å²) in [5.74, 6) is 6.12. The normalized spacial score (nSPS) is 13.7. The Morgan fingerprint density at radius 3 is 2.31 bits per heavy atom. The van der Waals surface area contributed by atoms with Crippen LogP contribution in [0.5, 0.6) is 0 Å². The molecule has 5 heteroatoms. The number of nitrogens with one attached hydrogen (secondary N) is 1. The van der Waals surface area contributed by atoms with E-state index in [1.165, 1.54) is 22.1 Å². The summed E-state index contributed by atoms with van der Waals surface area (Å²) in [6.45, 7) is 13.5. The number of nitrogens with two attached hydrogens (primary N) is 2. The van der Waals surface area contributed by atoms with Gasteiger partial charge in [-0.3, -0.25) is 0 Å². The Hall–Kier alpha value is -2.79. The van der Waals surface area contributed by atoms with Gasteiger partial charge in [-0.2, -0.15) is 5.10 Å². The molecule has 3 aromatic rings. The summed E-state index contributed by atoms with van der Waals surface area (Å²) in [5.41, 5.74) is 13.2. The molecule has 2 aromatic carbocycles. The Labute approximate surface area is 174 Å². The van der Waals surface area contributed by atoms with Gasteiger partial charge in [-0.25, -0.2) is 11.4 Å². The van der Waals surface area contributed by atoms with Gasteiger partial charge in [0.05, 0.1) is 6.54 Å². The van der Waals surface area contributed by atoms with E-state index >= 15 is 0 Å². The molecule has 0 aliphatic carbocycles. The molecule has 0 spiro atoms. The quantitative estimate of drug-likeness (QED) is 0.246. The molecule has 5 nitrogen and oxygen atoms in total. The number of amidine groups is 1. The van der Waals surface area contributed by atoms with Crippen LogP contribution in [-0.4, -0.2) is 10.4 Å². The number of hydrazone groups is 1. The zero-order valence-corrected chi connectivity index (χ0v) is 18.5. The molecule has 0 fully saturated rings. The second kappa shape index (κ2) is 9.61. The lowest BCUT2D eigenvalue weighted by Crippen LogP contribution is -2.30. The number of para-hydroxylation sites is 1. The van der Waals surface area contributed by atoms with Crippen LogP contribution in [0.3, 0.4) is 0 Å². The molecule has 0 bridgehead atoms. The molecule has 0 aliphatic heterocycles. The maximum absolute atomic E-state index is 6.00. The molecule has 29 heavy (non-hydrogen) atoms. The average molecular weight is 394 g/mol. The monoisotopic (exact) mass is 393 g/mol. The fourth-order valence-corrected chi connectivity index (χ4v) is 3.78. The van der Waals surface area contributed by atoms with Crippen molar-refractivity contribution in [2.75, 3.05) is 0 Å². The summed E-state index contributed by atoms with van der Waals surface area (Å²) < 4.78 is 2.15. The minimum Gasteiger partial charge on any atom is -0.384 e. The van der Waals surface area contributed by atoms with Crippen molar-refractivity contribution in [3.05, 3.63) is 71.4 Å². The predicted molar refractivity (Wildman–Crippen MR) is 125 cm³/mol. The number of aryl methyl sites for hydroxylation is 1. The van der Waals surface area contributed by atoms with E-state index in [0.717, 1.165) is 5.52 Å². The molecule has 0 saturated carbocycles. The molecule has 0 saturated heterocycles. The first-order chi connectivity index (χ1) is 13.9. The maximum Gasteiger partial charge on any atom is 0.141 e. The van der Waals surface area contributed by atoms with E-state index in [-0.39, 0.29) is 5.41 Å². The summed E-state index contributed by atoms with van der Waals surface area (Å²) in [4.78, 5) is 0. The Balaban J connectivity index is 0.00000145. The number of hydrogen-bond donors (Lipinski definition) is 3. The van der Waals surface area contributed by atoms with E-state index in [1.807, 2.05) is 13.8 Å². The van der Waals surface area contributed by atoms with Gasteiger partial charge in [0.15, 0.2) is 0 Å². The van der Waals surface area contributed by atoms with Crippen molar-refractivity contribution in [3.8, 4) is 0 Å². The number of benzene rings is 2. The molecule has 3 rings (SSSR count). The molecule has 0 radical (unpaired) electrons. The van der Waals surface area contributed by atoms with Crippen molar-refractivity contribution in [2.45, 2.75) is 53.5 Å². The van der Waals surface area contributed by atoms with Crippen molar-refractivity contribution >= 4 is 16.7 Å². The fourth-order valence-electron chi connectivity index (χ4n) is 3.78. The lowest BCUT2D eigenvalue weighted by atomic mass is 9.68. The number of fused-ring (bicyclic) bond motifs is 1. The van der Waals surface area contributed by atoms with Gasteiger partial charge in [0.1, 0.15) is 5.84 Å². The highest BCUT2D eigenvalue weighted by Crippen LogP contribution is 2.42. The minimum absolute atomic E-state index is 0.128. The van der Waals surface area contributed by atoms with E-state index < -0.39 is 0 Å². The first-order valence-corrected chi connectivity index (χ1v) is 10.3. The zero-order chi connectivity index (χ0) is 21.6. The molecule has 1 heterocycles. The zero-order valence-electron chi connectivity index (χ0n) is 18.5. The molecule has 0 amide bonds. The van der Waals surface area contributed by atoms with Crippen LogP contribution in [0.15, 0.2) is 59.8 Å². The highest BCUT2D eigenvalue weighted by atomic mass is 15.5. The van der Waals surface area contributed by atoms with E-state index in [1.54, 1.807) is 0 Å². The largest absolute Gasteiger partial charge is 0.384 e. The van der Waals surface area contributed by atoms with E-state index in [4.69, 9.17) is 11.6 Å². The van der Waals surface area contributed by atoms with Crippen LogP contribution in [0.4, 0.5) is 0 Å². The Morgan fingerprint density at radius 2 is 1.72 bits per heavy atom. The maximum atomic E-state index is 6.00. The third-order valence-electron chi connectivity index (χ3n) is 5.69. The van der Waals surface area contributed by atoms with Gasteiger partial charge >= 0.3 is 0 Å². The second-order valence-electron chi connectivity index (χ2n) is 7.64. The molecular formula is C24H35N5. The summed E-state index contributed by atoms with van der Waals surface area (Å²) in [6, 6.07) is 17.3. The van der Waals surface area contributed by atoms with Crippen LogP contribution in [0.2, 0.25) is 0 Å². The van der Waals surface area contributed by atoms with Gasteiger partial charge in [0, 0.05) is 22.5 Å². The van der Waals surface area contributed by atoms with Gasteiger partial charge in [-0.05, 0) is 30.0 Å². The number of aromatic nitrogens is 1. The lowest BCUT2D eigenvalue weighted by Gasteiger charge is -2.35. The molecular weight excluding hydrogens is 358 g/mol. The second-order valence-corrected chi connectivity index (χ2v) is 7.64. The Kier molecular flexibility index (Phi) is 7.46. The van der Waals surface area contributed by atoms with Crippen molar-refractivity contribution in [3.63, 3.8) is 0 Å². The molecule has 5 N–H and O–H groups in total. The number of hydrazine groups is 1. The molecule has 1 unspecified atom stereocenters. The summed E-state index contributed by atoms with van der Waals surface area (Å²) in [6.07, 6.45) is 2.21. The third-order valence-corrected chi connectivity index (χ3v) is 5.69. The van der Waals surface area contributed by atoms with Gasteiger partial charge in [0.2, 0.25) is 0 Å². The fraction of sp³-hybridized carbons (Fsp3) is 0.375. The van der Waals surface area contributed by atoms with Crippen molar-refractivity contribution in [1.82, 2.24) is 10.1 Å². The van der Waals surface area contributed by atoms with Crippen LogP contribution >= 0.6 is 0 Å². The van der Waals surface area contributed by atoms with E-state index in [2.05, 4.69) is 97.6 Å². The van der Waals surface area contributed by atoms with Gasteiger partial charge in [-0.15, -0.1) is 0 Å². The van der Waals surface area contributed by atoms with Gasteiger partial charge in [0.25, 0.3) is 0 Å². The first kappa shape index (κ1) is 22.5. The smallest absolute Gasteiger partial charge is 0.141 e. The summed E-state index contributed by atoms with van der Waals surface area (Å²) in [5, 5.41) is 5.14. The lowest BCUT2D eigenvalue weighted by molar-refractivity contribution is 0.407. The number of rotatable bonds is 6. The Bertz CT molecular complexity index is 953. The van der Waals surface area contributed by atoms with Crippen LogP contribution in [0, 0.1) is 12.8 Å². The SMILES string of the molecule is CC.Cc1ccc(C(C)(c2cn(C/C(N)=N/NN)c3ccccc23)C(C)C)cc1. The average Bonchev–Trinajstić information content (AvgIpc) is 3.08. The number of nitrogens with zero attached hydrogens (tertiary/aromatic N) is 2. The topological polar surface area (TPSA) is 81.4 Å². The highest BCUT2D eigenvalue weighted by molar-refractivity contribution is 5.88. The van der Waals surface area contributed by atoms with Crippen LogP contribution in [0.1, 0.15) is 51.3 Å². The Morgan fingerprint density at radius 1 is 1.10 bits per heavy atom. The minimum atomic E-state index is -0.128. The van der Waals surface area contributed by atoms with Crippen LogP contribution in [-0.2, 0) is 12.0 Å². The van der Waals surface area contributed by atoms with Crippen LogP contribution < -0.4 is 17.1 Å². The van der Waals surface area contributed by atoms with Crippen molar-refractivity contribution < 1.29 is 0 Å². The standard InChI is InChI=1S/C22H29N5.C2H6/c1-15(2)22(4,17-11-9-16(3)10-12-17)19-13-27(14-21(23)25-26-24)20-8-6-5-7-18(19)20;1-2/h5-13,15,26H,14,24H2,1-4H3,(H2,23,25);1-2H3. The number of hydrogen-bond acceptors (Lipinski definition) is 3. The highest BCUT2D eigenvalue weighted by Gasteiger charge is 2.35. The van der Waals surface area contributed by atoms with Gasteiger partial charge in [-0.1, -0.05) is 82.6 Å². The van der Waals surface area contributed by atoms with Crippen LogP contribution in [0.25, 0.3) is 10.9 Å². The third kappa shape index (κ3) is 4.46. The van der Waals surface area contributed by atoms with E-state index in [9.17, 15) is 0 Å². The molecule has 1 atom stereocenters. The van der Waals surface area contributed by atoms with Gasteiger partial charge < -0.3 is 10.3 Å². The molecule has 0 aliphatic rings. The summed E-state index contributed by atoms with van der Waals surface area (Å²) >= 11 is 0. The first-order valence-electron chi connectivity index (χ1n) is 10.3. The molecule has 1 aromatic heterocycles. The predicted octanol–water partition coefficient (Wildman–Crippen LogP) is 4.67. The van der Waals surface area contributed by atoms with E-state index in [0.29, 0.717) is 18.3 Å². The van der Waals surface area contributed by atoms with Crippen molar-refractivity contribution in [2.24, 2.45) is 22.6 Å². The molecule has 156 valence electrons. The van der Waals surface area contributed by atoms with Crippen molar-refractivity contribution in [1.29, 1.82) is 0 Å².